The van der Waals surface area contributed by atoms with Crippen molar-refractivity contribution in [2.75, 3.05) is 19.1 Å². The summed E-state index contributed by atoms with van der Waals surface area (Å²) in [6, 6.07) is 0. The van der Waals surface area contributed by atoms with Crippen molar-refractivity contribution in [2.45, 2.75) is 24.8 Å². The lowest BCUT2D eigenvalue weighted by Crippen LogP contribution is -2.63. The number of hydrogen-bond acceptors (Lipinski definition) is 3. The number of alkyl halides is 1. The van der Waals surface area contributed by atoms with Gasteiger partial charge in [0.2, 0.25) is 11.8 Å². The first kappa shape index (κ1) is 12.3. The van der Waals surface area contributed by atoms with Crippen LogP contribution in [0.15, 0.2) is 0 Å². The van der Waals surface area contributed by atoms with E-state index in [4.69, 9.17) is 22.1 Å². The molecule has 1 heterocycles. The van der Waals surface area contributed by atoms with Gasteiger partial charge < -0.3 is 15.8 Å². The Morgan fingerprint density at radius 1 is 1.47 bits per heavy atom. The first-order valence-electron chi connectivity index (χ1n) is 4.81. The summed E-state index contributed by atoms with van der Waals surface area (Å²) < 4.78 is 5.00. The van der Waals surface area contributed by atoms with E-state index in [1.54, 1.807) is 0 Å². The highest BCUT2D eigenvalue weighted by Crippen LogP contribution is 2.21. The third-order valence-electron chi connectivity index (χ3n) is 2.21. The average molecular weight is 235 g/mol. The van der Waals surface area contributed by atoms with E-state index >= 15 is 0 Å². The zero-order valence-electron chi connectivity index (χ0n) is 8.42. The molecule has 1 rings (SSSR count). The summed E-state index contributed by atoms with van der Waals surface area (Å²) in [5.74, 6) is -0.0941. The van der Waals surface area contributed by atoms with Gasteiger partial charge in [0.05, 0.1) is 25.2 Å². The maximum absolute atomic E-state index is 11.4. The lowest BCUT2D eigenvalue weighted by molar-refractivity contribution is -0.138. The van der Waals surface area contributed by atoms with Crippen molar-refractivity contribution in [3.63, 3.8) is 0 Å². The zero-order chi connectivity index (χ0) is 11.3. The molecule has 0 unspecified atom stereocenters. The highest BCUT2D eigenvalue weighted by molar-refractivity contribution is 6.17. The standard InChI is InChI=1S/C9H15ClN2O3/c10-3-1-2-8(14)12-9(4-7(11)13)5-15-6-9/h1-6H2,(H2,11,13)(H,12,14). The lowest BCUT2D eigenvalue weighted by atomic mass is 9.92. The van der Waals surface area contributed by atoms with E-state index in [9.17, 15) is 9.59 Å². The molecule has 0 aliphatic carbocycles. The molecule has 0 radical (unpaired) electrons. The van der Waals surface area contributed by atoms with Crippen molar-refractivity contribution >= 4 is 23.4 Å². The summed E-state index contributed by atoms with van der Waals surface area (Å²) in [4.78, 5) is 22.2. The molecule has 1 aliphatic rings. The number of carbonyl (C=O) groups excluding carboxylic acids is 2. The second kappa shape index (κ2) is 5.32. The van der Waals surface area contributed by atoms with Crippen LogP contribution in [0.4, 0.5) is 0 Å². The predicted octanol–water partition coefficient (Wildman–Crippen LogP) is -0.234. The van der Waals surface area contributed by atoms with Gasteiger partial charge in [0.25, 0.3) is 0 Å². The van der Waals surface area contributed by atoms with Crippen molar-refractivity contribution in [2.24, 2.45) is 5.73 Å². The number of primary amides is 1. The van der Waals surface area contributed by atoms with E-state index in [-0.39, 0.29) is 12.3 Å². The van der Waals surface area contributed by atoms with E-state index in [1.165, 1.54) is 0 Å². The zero-order valence-corrected chi connectivity index (χ0v) is 9.18. The molecular formula is C9H15ClN2O3. The fraction of sp³-hybridized carbons (Fsp3) is 0.778. The maximum Gasteiger partial charge on any atom is 0.220 e. The fourth-order valence-electron chi connectivity index (χ4n) is 1.49. The minimum atomic E-state index is -0.574. The Balaban J connectivity index is 2.38. The highest BCUT2D eigenvalue weighted by atomic mass is 35.5. The van der Waals surface area contributed by atoms with Gasteiger partial charge in [-0.25, -0.2) is 0 Å². The second-order valence-corrected chi connectivity index (χ2v) is 4.13. The van der Waals surface area contributed by atoms with Gasteiger partial charge in [-0.15, -0.1) is 11.6 Å². The van der Waals surface area contributed by atoms with E-state index in [1.807, 2.05) is 0 Å². The topological polar surface area (TPSA) is 81.4 Å². The van der Waals surface area contributed by atoms with Crippen molar-refractivity contribution < 1.29 is 14.3 Å². The SMILES string of the molecule is NC(=O)CC1(NC(=O)CCCCl)COC1. The number of halogens is 1. The molecule has 0 atom stereocenters. The van der Waals surface area contributed by atoms with Crippen LogP contribution >= 0.6 is 11.6 Å². The molecule has 86 valence electrons. The molecule has 15 heavy (non-hydrogen) atoms. The molecule has 0 aromatic carbocycles. The van der Waals surface area contributed by atoms with Gasteiger partial charge in [-0.05, 0) is 6.42 Å². The largest absolute Gasteiger partial charge is 0.376 e. The van der Waals surface area contributed by atoms with Crippen LogP contribution in [-0.4, -0.2) is 36.4 Å². The molecule has 0 spiro atoms. The summed E-state index contributed by atoms with van der Waals surface area (Å²) in [5.41, 5.74) is 4.52. The number of amides is 2. The molecular weight excluding hydrogens is 220 g/mol. The van der Waals surface area contributed by atoms with Gasteiger partial charge in [-0.1, -0.05) is 0 Å². The van der Waals surface area contributed by atoms with Crippen LogP contribution in [0.25, 0.3) is 0 Å². The third kappa shape index (κ3) is 3.68. The van der Waals surface area contributed by atoms with E-state index in [0.717, 1.165) is 0 Å². The Hall–Kier alpha value is -0.810. The van der Waals surface area contributed by atoms with Crippen LogP contribution < -0.4 is 11.1 Å². The molecule has 1 fully saturated rings. The quantitative estimate of drug-likeness (QED) is 0.623. The maximum atomic E-state index is 11.4. The first-order chi connectivity index (χ1) is 7.08. The molecule has 0 aromatic rings. The minimum absolute atomic E-state index is 0.111. The number of carbonyl (C=O) groups is 2. The predicted molar refractivity (Wildman–Crippen MR) is 55.5 cm³/mol. The normalized spacial score (nSPS) is 17.9. The highest BCUT2D eigenvalue weighted by Gasteiger charge is 2.41. The summed E-state index contributed by atoms with van der Waals surface area (Å²) in [6.07, 6.45) is 1.12. The Kier molecular flexibility index (Phi) is 4.35. The van der Waals surface area contributed by atoms with Crippen molar-refractivity contribution in [1.29, 1.82) is 0 Å². The van der Waals surface area contributed by atoms with E-state index in [0.29, 0.717) is 31.9 Å². The van der Waals surface area contributed by atoms with Crippen LogP contribution in [0, 0.1) is 0 Å². The smallest absolute Gasteiger partial charge is 0.220 e. The number of ether oxygens (including phenoxy) is 1. The second-order valence-electron chi connectivity index (χ2n) is 3.76. The molecule has 0 saturated carbocycles. The molecule has 0 bridgehead atoms. The van der Waals surface area contributed by atoms with E-state index < -0.39 is 11.4 Å². The number of hydrogen-bond donors (Lipinski definition) is 2. The summed E-state index contributed by atoms with van der Waals surface area (Å²) in [5, 5.41) is 2.77. The summed E-state index contributed by atoms with van der Waals surface area (Å²) in [6.45, 7) is 0.700. The Morgan fingerprint density at radius 3 is 2.53 bits per heavy atom. The van der Waals surface area contributed by atoms with Crippen LogP contribution in [0.5, 0.6) is 0 Å². The van der Waals surface area contributed by atoms with Crippen molar-refractivity contribution in [3.05, 3.63) is 0 Å². The molecule has 0 aromatic heterocycles. The van der Waals surface area contributed by atoms with Crippen LogP contribution in [0.2, 0.25) is 0 Å². The van der Waals surface area contributed by atoms with Gasteiger partial charge >= 0.3 is 0 Å². The lowest BCUT2D eigenvalue weighted by Gasteiger charge is -2.41. The van der Waals surface area contributed by atoms with Crippen LogP contribution in [0.3, 0.4) is 0 Å². The average Bonchev–Trinajstić information content (AvgIpc) is 2.10. The van der Waals surface area contributed by atoms with Gasteiger partial charge in [0.15, 0.2) is 0 Å². The van der Waals surface area contributed by atoms with E-state index in [2.05, 4.69) is 5.32 Å². The Labute approximate surface area is 93.3 Å². The number of rotatable bonds is 6. The molecule has 5 nitrogen and oxygen atoms in total. The third-order valence-corrected chi connectivity index (χ3v) is 2.48. The Bertz CT molecular complexity index is 254. The van der Waals surface area contributed by atoms with Crippen LogP contribution in [-0.2, 0) is 14.3 Å². The fourth-order valence-corrected chi connectivity index (χ4v) is 1.62. The molecule has 3 N–H and O–H groups in total. The summed E-state index contributed by atoms with van der Waals surface area (Å²) >= 11 is 5.47. The number of nitrogens with two attached hydrogens (primary N) is 1. The molecule has 1 saturated heterocycles. The van der Waals surface area contributed by atoms with Gasteiger partial charge in [0, 0.05) is 12.3 Å². The van der Waals surface area contributed by atoms with Crippen molar-refractivity contribution in [3.8, 4) is 0 Å². The summed E-state index contributed by atoms with van der Waals surface area (Å²) in [7, 11) is 0. The molecule has 6 heteroatoms. The monoisotopic (exact) mass is 234 g/mol. The first-order valence-corrected chi connectivity index (χ1v) is 5.34. The Morgan fingerprint density at radius 2 is 2.13 bits per heavy atom. The van der Waals surface area contributed by atoms with Crippen LogP contribution in [0.1, 0.15) is 19.3 Å². The molecule has 1 aliphatic heterocycles. The van der Waals surface area contributed by atoms with Crippen molar-refractivity contribution in [1.82, 2.24) is 5.32 Å². The van der Waals surface area contributed by atoms with Gasteiger partial charge in [0.1, 0.15) is 0 Å². The minimum Gasteiger partial charge on any atom is -0.376 e. The number of nitrogens with one attached hydrogen (secondary N) is 1. The molecule has 2 amide bonds. The van der Waals surface area contributed by atoms with Gasteiger partial charge in [-0.3, -0.25) is 9.59 Å². The van der Waals surface area contributed by atoms with Gasteiger partial charge in [-0.2, -0.15) is 0 Å².